The Labute approximate surface area is 127 Å². The van der Waals surface area contributed by atoms with Gasteiger partial charge in [-0.2, -0.15) is 0 Å². The Morgan fingerprint density at radius 2 is 2.23 bits per heavy atom. The molecule has 1 aromatic heterocycles. The maximum atomic E-state index is 12.4. The van der Waals surface area contributed by atoms with E-state index in [1.165, 1.54) is 6.42 Å². The van der Waals surface area contributed by atoms with Crippen molar-refractivity contribution < 1.29 is 14.0 Å². The van der Waals surface area contributed by atoms with E-state index in [2.05, 4.69) is 16.0 Å². The zero-order valence-electron chi connectivity index (χ0n) is 12.0. The number of amides is 2. The number of hydrogen-bond acceptors (Lipinski definition) is 4. The molecule has 114 valence electrons. The number of carbonyl (C=O) groups excluding carboxylic acids is 2. The van der Waals surface area contributed by atoms with Crippen LogP contribution in [0, 0.1) is 0 Å². The van der Waals surface area contributed by atoms with E-state index in [1.54, 1.807) is 24.3 Å². The van der Waals surface area contributed by atoms with Gasteiger partial charge in [-0.25, -0.2) is 0 Å². The molecule has 0 saturated carbocycles. The van der Waals surface area contributed by atoms with Crippen molar-refractivity contribution in [1.29, 1.82) is 0 Å². The summed E-state index contributed by atoms with van der Waals surface area (Å²) in [5.41, 5.74) is 1.25. The van der Waals surface area contributed by atoms with Crippen LogP contribution in [0.15, 0.2) is 28.7 Å². The van der Waals surface area contributed by atoms with E-state index < -0.39 is 0 Å². The first-order valence-corrected chi connectivity index (χ1v) is 7.53. The summed E-state index contributed by atoms with van der Waals surface area (Å²) in [6, 6.07) is 8.17. The monoisotopic (exact) mass is 299 g/mol. The molecule has 3 N–H and O–H groups in total. The van der Waals surface area contributed by atoms with Crippen molar-refractivity contribution in [2.75, 3.05) is 5.32 Å². The SMILES string of the molecule is O=CNc1cc2cc(C(=O)N[C@@H]3C[C@H]4CC[C@@H]3N4)ccc2o1. The quantitative estimate of drug-likeness (QED) is 0.749. The molecule has 6 heteroatoms. The second kappa shape index (κ2) is 5.14. The van der Waals surface area contributed by atoms with Crippen LogP contribution in [0.3, 0.4) is 0 Å². The number of furan rings is 1. The third-order valence-corrected chi connectivity index (χ3v) is 4.60. The molecule has 2 aliphatic rings. The maximum Gasteiger partial charge on any atom is 0.251 e. The molecular weight excluding hydrogens is 282 g/mol. The number of nitrogens with one attached hydrogen (secondary N) is 3. The molecule has 6 nitrogen and oxygen atoms in total. The van der Waals surface area contributed by atoms with Crippen LogP contribution < -0.4 is 16.0 Å². The standard InChI is InChI=1S/C16H17N3O3/c20-8-17-15-6-10-5-9(1-4-14(10)22-15)16(21)19-13-7-11-2-3-12(13)18-11/h1,4-6,8,11-13,18H,2-3,7H2,(H,17,20)(H,19,21)/t11-,12+,13-/m1/s1. The largest absolute Gasteiger partial charge is 0.440 e. The highest BCUT2D eigenvalue weighted by Gasteiger charge is 2.39. The Balaban J connectivity index is 1.52. The van der Waals surface area contributed by atoms with Crippen LogP contribution in [0.2, 0.25) is 0 Å². The molecule has 2 bridgehead atoms. The second-order valence-corrected chi connectivity index (χ2v) is 5.99. The molecule has 3 atom stereocenters. The normalized spacial score (nSPS) is 26.3. The highest BCUT2D eigenvalue weighted by molar-refractivity contribution is 5.98. The average Bonchev–Trinajstić information content (AvgIpc) is 3.20. The van der Waals surface area contributed by atoms with Gasteiger partial charge < -0.3 is 15.1 Å². The third kappa shape index (κ3) is 2.25. The molecule has 2 saturated heterocycles. The van der Waals surface area contributed by atoms with Gasteiger partial charge >= 0.3 is 0 Å². The first-order chi connectivity index (χ1) is 10.7. The number of carbonyl (C=O) groups is 2. The average molecular weight is 299 g/mol. The highest BCUT2D eigenvalue weighted by atomic mass is 16.4. The Bertz CT molecular complexity index is 739. The van der Waals surface area contributed by atoms with E-state index in [9.17, 15) is 9.59 Å². The molecular formula is C16H17N3O3. The molecule has 1 aromatic carbocycles. The minimum Gasteiger partial charge on any atom is -0.440 e. The van der Waals surface area contributed by atoms with E-state index in [1.807, 2.05) is 0 Å². The van der Waals surface area contributed by atoms with Gasteiger partial charge in [0.05, 0.1) is 0 Å². The fourth-order valence-electron chi connectivity index (χ4n) is 3.55. The summed E-state index contributed by atoms with van der Waals surface area (Å²) in [5, 5.41) is 9.89. The minimum atomic E-state index is -0.0626. The molecule has 2 aromatic rings. The lowest BCUT2D eigenvalue weighted by Crippen LogP contribution is -2.42. The molecule has 2 fully saturated rings. The van der Waals surface area contributed by atoms with Gasteiger partial charge in [-0.05, 0) is 37.5 Å². The predicted molar refractivity (Wildman–Crippen MR) is 81.7 cm³/mol. The Morgan fingerprint density at radius 1 is 1.32 bits per heavy atom. The van der Waals surface area contributed by atoms with Gasteiger partial charge in [-0.15, -0.1) is 0 Å². The Hall–Kier alpha value is -2.34. The van der Waals surface area contributed by atoms with Crippen LogP contribution in [-0.2, 0) is 4.79 Å². The summed E-state index contributed by atoms with van der Waals surface area (Å²) in [4.78, 5) is 22.9. The zero-order valence-corrected chi connectivity index (χ0v) is 12.0. The van der Waals surface area contributed by atoms with Crippen molar-refractivity contribution >= 4 is 29.2 Å². The number of rotatable bonds is 4. The fraction of sp³-hybridized carbons (Fsp3) is 0.375. The number of hydrogen-bond donors (Lipinski definition) is 3. The van der Waals surface area contributed by atoms with Crippen LogP contribution in [-0.4, -0.2) is 30.4 Å². The zero-order chi connectivity index (χ0) is 15.1. The molecule has 0 radical (unpaired) electrons. The molecule has 0 spiro atoms. The number of fused-ring (bicyclic) bond motifs is 3. The maximum absolute atomic E-state index is 12.4. The fourth-order valence-corrected chi connectivity index (χ4v) is 3.55. The van der Waals surface area contributed by atoms with Gasteiger partial charge in [0, 0.05) is 35.1 Å². The molecule has 0 aliphatic carbocycles. The number of benzene rings is 1. The van der Waals surface area contributed by atoms with Crippen molar-refractivity contribution in [3.8, 4) is 0 Å². The van der Waals surface area contributed by atoms with Gasteiger partial charge in [0.2, 0.25) is 12.3 Å². The summed E-state index contributed by atoms with van der Waals surface area (Å²) in [7, 11) is 0. The topological polar surface area (TPSA) is 83.4 Å². The van der Waals surface area contributed by atoms with Gasteiger partial charge in [-0.3, -0.25) is 14.9 Å². The van der Waals surface area contributed by atoms with Crippen LogP contribution in [0.1, 0.15) is 29.6 Å². The lowest BCUT2D eigenvalue weighted by molar-refractivity contribution is -0.105. The highest BCUT2D eigenvalue weighted by Crippen LogP contribution is 2.29. The van der Waals surface area contributed by atoms with Crippen molar-refractivity contribution in [1.82, 2.24) is 10.6 Å². The second-order valence-electron chi connectivity index (χ2n) is 5.99. The van der Waals surface area contributed by atoms with Crippen molar-refractivity contribution in [2.24, 2.45) is 0 Å². The van der Waals surface area contributed by atoms with E-state index >= 15 is 0 Å². The van der Waals surface area contributed by atoms with Gasteiger partial charge in [0.1, 0.15) is 5.58 Å². The minimum absolute atomic E-state index is 0.0626. The lowest BCUT2D eigenvalue weighted by Gasteiger charge is -2.21. The van der Waals surface area contributed by atoms with Crippen molar-refractivity contribution in [3.63, 3.8) is 0 Å². The number of anilines is 1. The summed E-state index contributed by atoms with van der Waals surface area (Å²) >= 11 is 0. The van der Waals surface area contributed by atoms with Crippen LogP contribution in [0.4, 0.5) is 5.88 Å². The first-order valence-electron chi connectivity index (χ1n) is 7.53. The van der Waals surface area contributed by atoms with Crippen LogP contribution in [0.25, 0.3) is 11.0 Å². The summed E-state index contributed by atoms with van der Waals surface area (Å²) in [6.45, 7) is 0. The predicted octanol–water partition coefficient (Wildman–Crippen LogP) is 1.62. The van der Waals surface area contributed by atoms with E-state index in [4.69, 9.17) is 4.42 Å². The molecule has 22 heavy (non-hydrogen) atoms. The summed E-state index contributed by atoms with van der Waals surface area (Å²) in [5.74, 6) is 0.312. The van der Waals surface area contributed by atoms with Gasteiger partial charge in [0.15, 0.2) is 0 Å². The molecule has 4 rings (SSSR count). The van der Waals surface area contributed by atoms with Crippen LogP contribution >= 0.6 is 0 Å². The first kappa shape index (κ1) is 13.3. The Morgan fingerprint density at radius 3 is 2.95 bits per heavy atom. The Kier molecular flexibility index (Phi) is 3.11. The summed E-state index contributed by atoms with van der Waals surface area (Å²) in [6.07, 6.45) is 3.92. The van der Waals surface area contributed by atoms with Crippen molar-refractivity contribution in [3.05, 3.63) is 29.8 Å². The van der Waals surface area contributed by atoms with Crippen LogP contribution in [0.5, 0.6) is 0 Å². The molecule has 0 unspecified atom stereocenters. The van der Waals surface area contributed by atoms with Crippen molar-refractivity contribution in [2.45, 2.75) is 37.4 Å². The smallest absolute Gasteiger partial charge is 0.251 e. The lowest BCUT2D eigenvalue weighted by atomic mass is 9.95. The molecule has 2 aliphatic heterocycles. The molecule has 3 heterocycles. The van der Waals surface area contributed by atoms with Gasteiger partial charge in [0.25, 0.3) is 5.91 Å². The van der Waals surface area contributed by atoms with E-state index in [0.29, 0.717) is 35.5 Å². The summed E-state index contributed by atoms with van der Waals surface area (Å²) < 4.78 is 5.43. The van der Waals surface area contributed by atoms with E-state index in [-0.39, 0.29) is 11.9 Å². The van der Waals surface area contributed by atoms with Gasteiger partial charge in [-0.1, -0.05) is 0 Å². The van der Waals surface area contributed by atoms with E-state index in [0.717, 1.165) is 18.2 Å². The third-order valence-electron chi connectivity index (χ3n) is 4.60. The molecule has 2 amide bonds.